The molecule has 1 aliphatic heterocycles. The van der Waals surface area contributed by atoms with Crippen molar-refractivity contribution in [3.05, 3.63) is 58.0 Å². The number of benzene rings is 1. The topological polar surface area (TPSA) is 104 Å². The summed E-state index contributed by atoms with van der Waals surface area (Å²) in [7, 11) is 1.49. The molecule has 2 heterocycles. The molecular formula is C21H20ClN3O4. The standard InChI is InChI=1S/C21H20ClN3O4/c1-24-21(27)17-8-14(20(26)25-18-15-9-28-10-16(15)18)19(29-17)13(5-6-23)11-3-2-4-12(22)7-11/h2-4,7-8,13,15-16,18H,5,9-10H2,1H3,(H,24,27)(H,25,26)/t13?,15-,16+,18+. The van der Waals surface area contributed by atoms with E-state index in [1.54, 1.807) is 18.2 Å². The van der Waals surface area contributed by atoms with Crippen molar-refractivity contribution < 1.29 is 18.7 Å². The third kappa shape index (κ3) is 3.74. The van der Waals surface area contributed by atoms with Crippen LogP contribution in [0.5, 0.6) is 0 Å². The Kier molecular flexibility index (Phi) is 5.31. The van der Waals surface area contributed by atoms with Crippen molar-refractivity contribution in [1.82, 2.24) is 10.6 Å². The highest BCUT2D eigenvalue weighted by atomic mass is 35.5. The van der Waals surface area contributed by atoms with Crippen LogP contribution in [0.25, 0.3) is 0 Å². The smallest absolute Gasteiger partial charge is 0.286 e. The lowest BCUT2D eigenvalue weighted by atomic mass is 9.91. The zero-order valence-electron chi connectivity index (χ0n) is 15.8. The van der Waals surface area contributed by atoms with Crippen molar-refractivity contribution in [2.24, 2.45) is 11.8 Å². The first-order chi connectivity index (χ1) is 14.0. The molecule has 2 aromatic rings. The number of hydrogen-bond donors (Lipinski definition) is 2. The van der Waals surface area contributed by atoms with E-state index in [4.69, 9.17) is 20.8 Å². The molecule has 1 aliphatic carbocycles. The summed E-state index contributed by atoms with van der Waals surface area (Å²) < 4.78 is 11.2. The number of carbonyl (C=O) groups is 2. The third-order valence-electron chi connectivity index (χ3n) is 5.57. The molecule has 1 saturated heterocycles. The molecule has 2 fully saturated rings. The van der Waals surface area contributed by atoms with Gasteiger partial charge in [-0.3, -0.25) is 9.59 Å². The van der Waals surface area contributed by atoms with Crippen molar-refractivity contribution in [2.75, 3.05) is 20.3 Å². The van der Waals surface area contributed by atoms with Crippen LogP contribution in [-0.4, -0.2) is 38.1 Å². The van der Waals surface area contributed by atoms with E-state index >= 15 is 0 Å². The van der Waals surface area contributed by atoms with Crippen molar-refractivity contribution in [2.45, 2.75) is 18.4 Å². The number of nitrogens with zero attached hydrogens (tertiary/aromatic N) is 1. The minimum atomic E-state index is -0.528. The Bertz CT molecular complexity index is 986. The number of fused-ring (bicyclic) bond motifs is 1. The molecule has 2 N–H and O–H groups in total. The second-order valence-corrected chi connectivity index (χ2v) is 7.74. The molecule has 150 valence electrons. The first-order valence-electron chi connectivity index (χ1n) is 9.40. The normalized spacial score (nSPS) is 23.0. The molecule has 0 radical (unpaired) electrons. The maximum atomic E-state index is 13.0. The van der Waals surface area contributed by atoms with Crippen LogP contribution in [0.3, 0.4) is 0 Å². The van der Waals surface area contributed by atoms with Crippen LogP contribution in [0.1, 0.15) is 44.6 Å². The van der Waals surface area contributed by atoms with Gasteiger partial charge in [-0.15, -0.1) is 0 Å². The quantitative estimate of drug-likeness (QED) is 0.757. The number of ether oxygens (including phenoxy) is 1. The molecule has 7 nitrogen and oxygen atoms in total. The molecule has 1 aromatic heterocycles. The lowest BCUT2D eigenvalue weighted by Crippen LogP contribution is -2.30. The molecule has 2 amide bonds. The Morgan fingerprint density at radius 2 is 2.03 bits per heavy atom. The van der Waals surface area contributed by atoms with E-state index in [1.165, 1.54) is 13.1 Å². The average Bonchev–Trinajstić information content (AvgIpc) is 3.10. The zero-order valence-corrected chi connectivity index (χ0v) is 16.5. The number of nitriles is 1. The largest absolute Gasteiger partial charge is 0.454 e. The summed E-state index contributed by atoms with van der Waals surface area (Å²) in [6.45, 7) is 1.30. The minimum Gasteiger partial charge on any atom is -0.454 e. The van der Waals surface area contributed by atoms with Crippen molar-refractivity contribution in [3.8, 4) is 6.07 Å². The SMILES string of the molecule is CNC(=O)c1cc(C(=O)N[C@H]2[C@@H]3COC[C@@H]32)c(C(CC#N)c2cccc(Cl)c2)o1. The van der Waals surface area contributed by atoms with Crippen LogP contribution in [-0.2, 0) is 4.74 Å². The first kappa shape index (κ1) is 19.5. The molecule has 4 rings (SSSR count). The lowest BCUT2D eigenvalue weighted by Gasteiger charge is -2.15. The number of carbonyl (C=O) groups excluding carboxylic acids is 2. The number of nitrogens with one attached hydrogen (secondary N) is 2. The van der Waals surface area contributed by atoms with E-state index in [0.29, 0.717) is 30.1 Å². The van der Waals surface area contributed by atoms with Gasteiger partial charge in [0.25, 0.3) is 11.8 Å². The summed E-state index contributed by atoms with van der Waals surface area (Å²) in [5, 5.41) is 15.4. The summed E-state index contributed by atoms with van der Waals surface area (Å²) in [6, 6.07) is 10.7. The molecule has 0 bridgehead atoms. The Morgan fingerprint density at radius 3 is 2.69 bits per heavy atom. The van der Waals surface area contributed by atoms with Crippen molar-refractivity contribution in [3.63, 3.8) is 0 Å². The average molecular weight is 414 g/mol. The lowest BCUT2D eigenvalue weighted by molar-refractivity contribution is 0.0919. The van der Waals surface area contributed by atoms with Crippen LogP contribution in [0.4, 0.5) is 0 Å². The molecular weight excluding hydrogens is 394 g/mol. The number of amides is 2. The second-order valence-electron chi connectivity index (χ2n) is 7.30. The Balaban J connectivity index is 1.69. The molecule has 0 spiro atoms. The molecule has 1 aromatic carbocycles. The molecule has 1 unspecified atom stereocenters. The van der Waals surface area contributed by atoms with E-state index in [1.807, 2.05) is 6.07 Å². The van der Waals surface area contributed by atoms with Gasteiger partial charge >= 0.3 is 0 Å². The van der Waals surface area contributed by atoms with E-state index in [2.05, 4.69) is 16.7 Å². The van der Waals surface area contributed by atoms with Gasteiger partial charge in [-0.05, 0) is 17.7 Å². The summed E-state index contributed by atoms with van der Waals surface area (Å²) >= 11 is 6.12. The van der Waals surface area contributed by atoms with Crippen LogP contribution in [0, 0.1) is 23.2 Å². The van der Waals surface area contributed by atoms with Crippen LogP contribution in [0.2, 0.25) is 5.02 Å². The van der Waals surface area contributed by atoms with Gasteiger partial charge < -0.3 is 19.8 Å². The van der Waals surface area contributed by atoms with Gasteiger partial charge in [0.05, 0.1) is 30.8 Å². The van der Waals surface area contributed by atoms with Crippen LogP contribution < -0.4 is 10.6 Å². The first-order valence-corrected chi connectivity index (χ1v) is 9.78. The van der Waals surface area contributed by atoms with Gasteiger partial charge in [-0.25, -0.2) is 0 Å². The monoisotopic (exact) mass is 413 g/mol. The number of halogens is 1. The van der Waals surface area contributed by atoms with E-state index < -0.39 is 11.8 Å². The van der Waals surface area contributed by atoms with E-state index in [0.717, 1.165) is 5.56 Å². The van der Waals surface area contributed by atoms with Gasteiger partial charge in [0.15, 0.2) is 5.76 Å². The summed E-state index contributed by atoms with van der Waals surface area (Å²) in [5.41, 5.74) is 0.998. The number of rotatable bonds is 6. The number of hydrogen-bond acceptors (Lipinski definition) is 5. The van der Waals surface area contributed by atoms with Gasteiger partial charge in [0.1, 0.15) is 5.76 Å². The Labute approximate surface area is 173 Å². The maximum absolute atomic E-state index is 13.0. The zero-order chi connectivity index (χ0) is 20.5. The van der Waals surface area contributed by atoms with Crippen molar-refractivity contribution in [1.29, 1.82) is 5.26 Å². The number of furan rings is 1. The van der Waals surface area contributed by atoms with Gasteiger partial charge in [-0.2, -0.15) is 5.26 Å². The highest BCUT2D eigenvalue weighted by Crippen LogP contribution is 2.44. The Hall–Kier alpha value is -2.82. The van der Waals surface area contributed by atoms with E-state index in [9.17, 15) is 14.9 Å². The minimum absolute atomic E-state index is 0.0249. The highest BCUT2D eigenvalue weighted by molar-refractivity contribution is 6.30. The van der Waals surface area contributed by atoms with Gasteiger partial charge in [-0.1, -0.05) is 23.7 Å². The predicted octanol–water partition coefficient (Wildman–Crippen LogP) is 2.71. The van der Waals surface area contributed by atoms with Gasteiger partial charge in [0.2, 0.25) is 0 Å². The second kappa shape index (κ2) is 7.90. The molecule has 2 aliphatic rings. The summed E-state index contributed by atoms with van der Waals surface area (Å²) in [6.07, 6.45) is 0.0733. The van der Waals surface area contributed by atoms with E-state index in [-0.39, 0.29) is 35.5 Å². The molecule has 8 heteroatoms. The molecule has 29 heavy (non-hydrogen) atoms. The fraction of sp³-hybridized carbons (Fsp3) is 0.381. The van der Waals surface area contributed by atoms with Crippen LogP contribution >= 0.6 is 11.6 Å². The van der Waals surface area contributed by atoms with Crippen molar-refractivity contribution >= 4 is 23.4 Å². The highest BCUT2D eigenvalue weighted by Gasteiger charge is 2.55. The fourth-order valence-electron chi connectivity index (χ4n) is 3.94. The predicted molar refractivity (Wildman–Crippen MR) is 105 cm³/mol. The van der Waals surface area contributed by atoms with Crippen LogP contribution in [0.15, 0.2) is 34.7 Å². The molecule has 1 saturated carbocycles. The Morgan fingerprint density at radius 1 is 1.28 bits per heavy atom. The summed E-state index contributed by atoms with van der Waals surface area (Å²) in [4.78, 5) is 25.2. The van der Waals surface area contributed by atoms with Gasteiger partial charge in [0, 0.05) is 42.4 Å². The molecule has 4 atom stereocenters. The third-order valence-corrected chi connectivity index (χ3v) is 5.80. The summed E-state index contributed by atoms with van der Waals surface area (Å²) in [5.74, 6) is -0.290. The maximum Gasteiger partial charge on any atom is 0.286 e. The fourth-order valence-corrected chi connectivity index (χ4v) is 4.13.